The summed E-state index contributed by atoms with van der Waals surface area (Å²) >= 11 is 0. The second kappa shape index (κ2) is 3.12. The molecule has 0 fully saturated rings. The number of imidazole rings is 1. The second-order valence-electron chi connectivity index (χ2n) is 4.60. The van der Waals surface area contributed by atoms with Crippen LogP contribution in [-0.4, -0.2) is 21.0 Å². The van der Waals surface area contributed by atoms with Crippen LogP contribution >= 0.6 is 0 Å². The molecule has 2 heterocycles. The first-order chi connectivity index (χ1) is 6.62. The molecule has 2 rings (SSSR count). The van der Waals surface area contributed by atoms with Crippen molar-refractivity contribution in [3.8, 4) is 0 Å². The van der Waals surface area contributed by atoms with Gasteiger partial charge in [0.15, 0.2) is 5.82 Å². The van der Waals surface area contributed by atoms with E-state index in [2.05, 4.69) is 28.6 Å². The summed E-state index contributed by atoms with van der Waals surface area (Å²) in [6.07, 6.45) is 5.50. The van der Waals surface area contributed by atoms with Crippen LogP contribution in [0.1, 0.15) is 31.8 Å². The summed E-state index contributed by atoms with van der Waals surface area (Å²) in [7, 11) is 0. The molecule has 0 atom stereocenters. The molecular weight excluding hydrogens is 178 g/mol. The molecule has 4 heteroatoms. The Morgan fingerprint density at radius 3 is 3.14 bits per heavy atom. The number of aryl methyl sites for hydroxylation is 1. The maximum absolute atomic E-state index is 8.49. The first kappa shape index (κ1) is 9.24. The van der Waals surface area contributed by atoms with E-state index in [1.807, 2.05) is 6.20 Å². The van der Waals surface area contributed by atoms with E-state index >= 15 is 0 Å². The minimum absolute atomic E-state index is 0.311. The van der Waals surface area contributed by atoms with Crippen LogP contribution in [0, 0.1) is 5.41 Å². The van der Waals surface area contributed by atoms with Crippen LogP contribution in [0.5, 0.6) is 0 Å². The van der Waals surface area contributed by atoms with Gasteiger partial charge in [0.25, 0.3) is 0 Å². The minimum atomic E-state index is 0.311. The van der Waals surface area contributed by atoms with Crippen molar-refractivity contribution in [2.24, 2.45) is 10.6 Å². The number of hydrogen-bond donors (Lipinski definition) is 1. The monoisotopic (exact) mass is 193 g/mol. The number of oxime groups is 1. The number of hydrogen-bond acceptors (Lipinski definition) is 3. The molecule has 1 aromatic rings. The third-order valence-electron chi connectivity index (χ3n) is 2.79. The van der Waals surface area contributed by atoms with Gasteiger partial charge in [0, 0.05) is 18.4 Å². The lowest BCUT2D eigenvalue weighted by Crippen LogP contribution is -2.28. The van der Waals surface area contributed by atoms with Crippen LogP contribution in [0.25, 0.3) is 0 Å². The van der Waals surface area contributed by atoms with Crippen molar-refractivity contribution in [3.63, 3.8) is 0 Å². The van der Waals surface area contributed by atoms with E-state index in [-0.39, 0.29) is 0 Å². The topological polar surface area (TPSA) is 50.4 Å². The van der Waals surface area contributed by atoms with Crippen LogP contribution in [-0.2, 0) is 13.0 Å². The van der Waals surface area contributed by atoms with Crippen molar-refractivity contribution >= 4 is 6.21 Å². The van der Waals surface area contributed by atoms with E-state index in [4.69, 9.17) is 5.21 Å². The van der Waals surface area contributed by atoms with Gasteiger partial charge in [-0.15, -0.1) is 0 Å². The third kappa shape index (κ3) is 1.52. The summed E-state index contributed by atoms with van der Waals surface area (Å²) in [5.74, 6) is 0.746. The van der Waals surface area contributed by atoms with Crippen molar-refractivity contribution < 1.29 is 5.21 Å². The van der Waals surface area contributed by atoms with Crippen LogP contribution < -0.4 is 0 Å². The SMILES string of the molecule is CC1(C)CCc2cnc(/C=N\O)n2C1. The van der Waals surface area contributed by atoms with Crippen LogP contribution in [0.4, 0.5) is 0 Å². The minimum Gasteiger partial charge on any atom is -0.411 e. The summed E-state index contributed by atoms with van der Waals surface area (Å²) in [4.78, 5) is 4.21. The van der Waals surface area contributed by atoms with Crippen LogP contribution in [0.3, 0.4) is 0 Å². The fraction of sp³-hybridized carbons (Fsp3) is 0.600. The highest BCUT2D eigenvalue weighted by molar-refractivity contribution is 5.74. The summed E-state index contributed by atoms with van der Waals surface area (Å²) in [6.45, 7) is 5.44. The van der Waals surface area contributed by atoms with Gasteiger partial charge in [-0.05, 0) is 18.3 Å². The number of fused-ring (bicyclic) bond motifs is 1. The highest BCUT2D eigenvalue weighted by Crippen LogP contribution is 2.30. The lowest BCUT2D eigenvalue weighted by molar-refractivity contribution is 0.249. The number of aromatic nitrogens is 2. The Morgan fingerprint density at radius 2 is 2.43 bits per heavy atom. The van der Waals surface area contributed by atoms with Gasteiger partial charge in [-0.25, -0.2) is 4.98 Å². The maximum atomic E-state index is 8.49. The Kier molecular flexibility index (Phi) is 2.06. The zero-order valence-electron chi connectivity index (χ0n) is 8.56. The molecule has 0 aliphatic carbocycles. The van der Waals surface area contributed by atoms with Crippen LogP contribution in [0.15, 0.2) is 11.4 Å². The predicted octanol–water partition coefficient (Wildman–Crippen LogP) is 1.66. The molecule has 0 saturated heterocycles. The fourth-order valence-electron chi connectivity index (χ4n) is 1.94. The van der Waals surface area contributed by atoms with Gasteiger partial charge in [-0.3, -0.25) is 0 Å². The zero-order valence-corrected chi connectivity index (χ0v) is 8.56. The van der Waals surface area contributed by atoms with Gasteiger partial charge >= 0.3 is 0 Å². The summed E-state index contributed by atoms with van der Waals surface area (Å²) < 4.78 is 2.13. The Labute approximate surface area is 83.3 Å². The van der Waals surface area contributed by atoms with Gasteiger partial charge in [0.2, 0.25) is 0 Å². The molecule has 1 aliphatic heterocycles. The van der Waals surface area contributed by atoms with Gasteiger partial charge in [0.1, 0.15) is 6.21 Å². The molecule has 0 unspecified atom stereocenters. The molecule has 0 amide bonds. The molecular formula is C10H15N3O. The Balaban J connectivity index is 2.37. The normalized spacial score (nSPS) is 19.9. The van der Waals surface area contributed by atoms with Gasteiger partial charge in [-0.1, -0.05) is 19.0 Å². The molecule has 1 N–H and O–H groups in total. The van der Waals surface area contributed by atoms with Crippen molar-refractivity contribution in [1.29, 1.82) is 0 Å². The average molecular weight is 193 g/mol. The summed E-state index contributed by atoms with van der Waals surface area (Å²) in [5.41, 5.74) is 1.55. The number of nitrogens with zero attached hydrogens (tertiary/aromatic N) is 3. The Hall–Kier alpha value is -1.32. The van der Waals surface area contributed by atoms with E-state index in [1.165, 1.54) is 18.3 Å². The molecule has 4 nitrogen and oxygen atoms in total. The molecule has 0 radical (unpaired) electrons. The lowest BCUT2D eigenvalue weighted by Gasteiger charge is -2.31. The van der Waals surface area contributed by atoms with E-state index in [0.717, 1.165) is 18.8 Å². The van der Waals surface area contributed by atoms with Gasteiger partial charge < -0.3 is 9.77 Å². The highest BCUT2D eigenvalue weighted by atomic mass is 16.4. The van der Waals surface area contributed by atoms with Crippen molar-refractivity contribution in [1.82, 2.24) is 9.55 Å². The van der Waals surface area contributed by atoms with Crippen LogP contribution in [0.2, 0.25) is 0 Å². The fourth-order valence-corrected chi connectivity index (χ4v) is 1.94. The second-order valence-corrected chi connectivity index (χ2v) is 4.60. The highest BCUT2D eigenvalue weighted by Gasteiger charge is 2.26. The number of rotatable bonds is 1. The van der Waals surface area contributed by atoms with E-state index < -0.39 is 0 Å². The zero-order chi connectivity index (χ0) is 10.2. The standard InChI is InChI=1S/C10H15N3O/c1-10(2)4-3-8-5-11-9(6-12-14)13(8)7-10/h5-6,14H,3-4,7H2,1-2H3/b12-6-. The average Bonchev–Trinajstić information content (AvgIpc) is 2.47. The molecule has 0 spiro atoms. The molecule has 14 heavy (non-hydrogen) atoms. The van der Waals surface area contributed by atoms with Crippen molar-refractivity contribution in [2.75, 3.05) is 0 Å². The molecule has 1 aliphatic rings. The van der Waals surface area contributed by atoms with Gasteiger partial charge in [0.05, 0.1) is 0 Å². The summed E-state index contributed by atoms with van der Waals surface area (Å²) in [5, 5.41) is 11.5. The molecule has 0 saturated carbocycles. The smallest absolute Gasteiger partial charge is 0.154 e. The summed E-state index contributed by atoms with van der Waals surface area (Å²) in [6, 6.07) is 0. The largest absolute Gasteiger partial charge is 0.411 e. The van der Waals surface area contributed by atoms with Crippen molar-refractivity contribution in [2.45, 2.75) is 33.2 Å². The molecule has 0 aromatic carbocycles. The molecule has 0 bridgehead atoms. The maximum Gasteiger partial charge on any atom is 0.154 e. The van der Waals surface area contributed by atoms with E-state index in [9.17, 15) is 0 Å². The van der Waals surface area contributed by atoms with Gasteiger partial charge in [-0.2, -0.15) is 0 Å². The Bertz CT molecular complexity index is 365. The molecule has 76 valence electrons. The Morgan fingerprint density at radius 1 is 1.64 bits per heavy atom. The lowest BCUT2D eigenvalue weighted by atomic mass is 9.84. The first-order valence-corrected chi connectivity index (χ1v) is 4.84. The van der Waals surface area contributed by atoms with E-state index in [0.29, 0.717) is 5.41 Å². The van der Waals surface area contributed by atoms with E-state index in [1.54, 1.807) is 0 Å². The predicted molar refractivity (Wildman–Crippen MR) is 53.7 cm³/mol. The van der Waals surface area contributed by atoms with Crippen molar-refractivity contribution in [3.05, 3.63) is 17.7 Å². The first-order valence-electron chi connectivity index (χ1n) is 4.84. The third-order valence-corrected chi connectivity index (χ3v) is 2.79. The molecule has 1 aromatic heterocycles. The quantitative estimate of drug-likeness (QED) is 0.419.